The Hall–Kier alpha value is -1.89. The zero-order valence-electron chi connectivity index (χ0n) is 14.6. The standard InChI is InChI=1S/C18H24N2O4S/c1-18(2)12-25(23,24)20(17(18)22)15-10-6-7-13(11-15)16(21)19-14-8-4-3-5-9-14/h6-7,10-11,14H,3-5,8-9,12H2,1-2H3,(H,19,21). The summed E-state index contributed by atoms with van der Waals surface area (Å²) in [6, 6.07) is 6.45. The van der Waals surface area contributed by atoms with Crippen LogP contribution in [0.25, 0.3) is 0 Å². The molecule has 1 aromatic rings. The molecule has 1 N–H and O–H groups in total. The Morgan fingerprint density at radius 3 is 2.48 bits per heavy atom. The highest BCUT2D eigenvalue weighted by Crippen LogP contribution is 2.35. The molecule has 2 amide bonds. The molecular weight excluding hydrogens is 340 g/mol. The molecule has 25 heavy (non-hydrogen) atoms. The lowest BCUT2D eigenvalue weighted by Gasteiger charge is -2.23. The van der Waals surface area contributed by atoms with Gasteiger partial charge in [0.2, 0.25) is 15.9 Å². The van der Waals surface area contributed by atoms with Crippen molar-refractivity contribution in [3.05, 3.63) is 29.8 Å². The van der Waals surface area contributed by atoms with E-state index in [9.17, 15) is 18.0 Å². The quantitative estimate of drug-likeness (QED) is 0.893. The van der Waals surface area contributed by atoms with Crippen LogP contribution in [0.5, 0.6) is 0 Å². The molecule has 1 saturated carbocycles. The molecule has 1 aromatic carbocycles. The minimum absolute atomic E-state index is 0.168. The van der Waals surface area contributed by atoms with E-state index in [1.54, 1.807) is 32.0 Å². The lowest BCUT2D eigenvalue weighted by molar-refractivity contribution is -0.123. The predicted molar refractivity (Wildman–Crippen MR) is 95.8 cm³/mol. The molecule has 0 spiro atoms. The van der Waals surface area contributed by atoms with Gasteiger partial charge in [-0.2, -0.15) is 0 Å². The molecule has 7 heteroatoms. The van der Waals surface area contributed by atoms with Gasteiger partial charge in [-0.3, -0.25) is 9.59 Å². The number of carbonyl (C=O) groups excluding carboxylic acids is 2. The Balaban J connectivity index is 1.84. The molecule has 2 aliphatic rings. The van der Waals surface area contributed by atoms with E-state index in [0.29, 0.717) is 5.56 Å². The SMILES string of the molecule is CC1(C)CS(=O)(=O)N(c2cccc(C(=O)NC3CCCCC3)c2)C1=O. The van der Waals surface area contributed by atoms with Gasteiger partial charge >= 0.3 is 0 Å². The number of amides is 2. The van der Waals surface area contributed by atoms with E-state index in [-0.39, 0.29) is 23.4 Å². The van der Waals surface area contributed by atoms with Crippen molar-refractivity contribution < 1.29 is 18.0 Å². The molecular formula is C18H24N2O4S. The number of anilines is 1. The monoisotopic (exact) mass is 364 g/mol. The first-order valence-corrected chi connectivity index (χ1v) is 10.3. The largest absolute Gasteiger partial charge is 0.349 e. The maximum Gasteiger partial charge on any atom is 0.251 e. The van der Waals surface area contributed by atoms with Gasteiger partial charge in [-0.25, -0.2) is 12.7 Å². The smallest absolute Gasteiger partial charge is 0.251 e. The Bertz CT molecular complexity index is 795. The minimum atomic E-state index is -3.71. The third kappa shape index (κ3) is 3.56. The molecule has 3 rings (SSSR count). The average Bonchev–Trinajstić information content (AvgIpc) is 2.71. The zero-order valence-corrected chi connectivity index (χ0v) is 15.4. The van der Waals surface area contributed by atoms with Gasteiger partial charge < -0.3 is 5.32 Å². The molecule has 0 aromatic heterocycles. The number of nitrogens with zero attached hydrogens (tertiary/aromatic N) is 1. The van der Waals surface area contributed by atoms with Crippen LogP contribution in [-0.4, -0.2) is 32.0 Å². The number of carbonyl (C=O) groups is 2. The van der Waals surface area contributed by atoms with Gasteiger partial charge in [-0.05, 0) is 44.9 Å². The van der Waals surface area contributed by atoms with Gasteiger partial charge in [0.15, 0.2) is 0 Å². The summed E-state index contributed by atoms with van der Waals surface area (Å²) in [4.78, 5) is 25.0. The summed E-state index contributed by atoms with van der Waals surface area (Å²) >= 11 is 0. The second kappa shape index (κ2) is 6.44. The summed E-state index contributed by atoms with van der Waals surface area (Å²) < 4.78 is 25.6. The summed E-state index contributed by atoms with van der Waals surface area (Å²) in [7, 11) is -3.71. The number of rotatable bonds is 3. The van der Waals surface area contributed by atoms with Crippen LogP contribution in [0.4, 0.5) is 5.69 Å². The van der Waals surface area contributed by atoms with E-state index in [1.165, 1.54) is 12.5 Å². The van der Waals surface area contributed by atoms with Crippen LogP contribution in [0.2, 0.25) is 0 Å². The number of hydrogen-bond donors (Lipinski definition) is 1. The molecule has 1 aliphatic carbocycles. The van der Waals surface area contributed by atoms with E-state index in [1.807, 2.05) is 0 Å². The minimum Gasteiger partial charge on any atom is -0.349 e. The van der Waals surface area contributed by atoms with Crippen LogP contribution in [0.15, 0.2) is 24.3 Å². The van der Waals surface area contributed by atoms with Crippen LogP contribution in [-0.2, 0) is 14.8 Å². The van der Waals surface area contributed by atoms with E-state index in [2.05, 4.69) is 5.32 Å². The molecule has 1 heterocycles. The van der Waals surface area contributed by atoms with Crippen LogP contribution < -0.4 is 9.62 Å². The van der Waals surface area contributed by atoms with E-state index in [0.717, 1.165) is 30.0 Å². The Morgan fingerprint density at radius 1 is 1.20 bits per heavy atom. The fourth-order valence-electron chi connectivity index (χ4n) is 3.55. The first-order valence-electron chi connectivity index (χ1n) is 8.69. The third-order valence-electron chi connectivity index (χ3n) is 4.87. The summed E-state index contributed by atoms with van der Waals surface area (Å²) in [6.07, 6.45) is 5.37. The van der Waals surface area contributed by atoms with Crippen molar-refractivity contribution in [1.29, 1.82) is 0 Å². The van der Waals surface area contributed by atoms with Crippen LogP contribution in [0.3, 0.4) is 0 Å². The molecule has 0 radical (unpaired) electrons. The van der Waals surface area contributed by atoms with Crippen molar-refractivity contribution in [1.82, 2.24) is 5.32 Å². The van der Waals surface area contributed by atoms with Gasteiger partial charge in [-0.1, -0.05) is 25.3 Å². The lowest BCUT2D eigenvalue weighted by atomic mass is 9.95. The molecule has 2 fully saturated rings. The van der Waals surface area contributed by atoms with Crippen molar-refractivity contribution in [3.8, 4) is 0 Å². The predicted octanol–water partition coefficient (Wildman–Crippen LogP) is 2.45. The van der Waals surface area contributed by atoms with Crippen LogP contribution in [0.1, 0.15) is 56.3 Å². The summed E-state index contributed by atoms with van der Waals surface area (Å²) in [6.45, 7) is 3.24. The Kier molecular flexibility index (Phi) is 4.62. The van der Waals surface area contributed by atoms with Crippen LogP contribution >= 0.6 is 0 Å². The van der Waals surface area contributed by atoms with Crippen molar-refractivity contribution in [2.45, 2.75) is 52.0 Å². The lowest BCUT2D eigenvalue weighted by Crippen LogP contribution is -2.36. The molecule has 0 unspecified atom stereocenters. The van der Waals surface area contributed by atoms with Crippen molar-refractivity contribution in [2.24, 2.45) is 5.41 Å². The fraction of sp³-hybridized carbons (Fsp3) is 0.556. The highest BCUT2D eigenvalue weighted by atomic mass is 32.2. The summed E-state index contributed by atoms with van der Waals surface area (Å²) in [5.41, 5.74) is -0.359. The van der Waals surface area contributed by atoms with Crippen LogP contribution in [0, 0.1) is 5.41 Å². The number of nitrogens with one attached hydrogen (secondary N) is 1. The van der Waals surface area contributed by atoms with Gasteiger partial charge in [0.1, 0.15) is 0 Å². The second-order valence-corrected chi connectivity index (χ2v) is 9.39. The molecule has 0 bridgehead atoms. The molecule has 6 nitrogen and oxygen atoms in total. The van der Waals surface area contributed by atoms with E-state index >= 15 is 0 Å². The number of hydrogen-bond acceptors (Lipinski definition) is 4. The first-order chi connectivity index (χ1) is 11.7. The zero-order chi connectivity index (χ0) is 18.2. The average molecular weight is 364 g/mol. The Morgan fingerprint density at radius 2 is 1.88 bits per heavy atom. The van der Waals surface area contributed by atoms with Crippen molar-refractivity contribution in [3.63, 3.8) is 0 Å². The van der Waals surface area contributed by atoms with Gasteiger partial charge in [0.05, 0.1) is 16.9 Å². The summed E-state index contributed by atoms with van der Waals surface area (Å²) in [5, 5.41) is 3.01. The van der Waals surface area contributed by atoms with Gasteiger partial charge in [0.25, 0.3) is 5.91 Å². The number of benzene rings is 1. The highest BCUT2D eigenvalue weighted by Gasteiger charge is 2.49. The topological polar surface area (TPSA) is 83.6 Å². The van der Waals surface area contributed by atoms with E-state index < -0.39 is 21.3 Å². The molecule has 1 aliphatic heterocycles. The Labute approximate surface area is 148 Å². The van der Waals surface area contributed by atoms with Gasteiger partial charge in [0, 0.05) is 11.6 Å². The van der Waals surface area contributed by atoms with Gasteiger partial charge in [-0.15, -0.1) is 0 Å². The first kappa shape index (κ1) is 17.9. The normalized spacial score (nSPS) is 22.8. The number of sulfonamides is 1. The molecule has 1 saturated heterocycles. The summed E-state index contributed by atoms with van der Waals surface area (Å²) in [5.74, 6) is -0.911. The van der Waals surface area contributed by atoms with Crippen molar-refractivity contribution in [2.75, 3.05) is 10.1 Å². The molecule has 0 atom stereocenters. The second-order valence-electron chi connectivity index (χ2n) is 7.57. The fourth-order valence-corrected chi connectivity index (χ4v) is 5.65. The van der Waals surface area contributed by atoms with Crippen molar-refractivity contribution >= 4 is 27.5 Å². The maximum absolute atomic E-state index is 12.5. The maximum atomic E-state index is 12.5. The highest BCUT2D eigenvalue weighted by molar-refractivity contribution is 7.94. The molecule has 136 valence electrons. The third-order valence-corrected chi connectivity index (χ3v) is 6.89. The van der Waals surface area contributed by atoms with E-state index in [4.69, 9.17) is 0 Å².